The molecule has 0 aliphatic rings. The first kappa shape index (κ1) is 18.6. The van der Waals surface area contributed by atoms with Crippen molar-refractivity contribution in [1.82, 2.24) is 4.72 Å². The summed E-state index contributed by atoms with van der Waals surface area (Å²) in [5.41, 5.74) is 1.68. The number of rotatable bonds is 7. The van der Waals surface area contributed by atoms with Crippen molar-refractivity contribution in [2.75, 3.05) is 13.4 Å². The van der Waals surface area contributed by atoms with Crippen molar-refractivity contribution in [1.29, 1.82) is 0 Å². The summed E-state index contributed by atoms with van der Waals surface area (Å²) in [5.74, 6) is 0. The maximum atomic E-state index is 12.5. The zero-order chi connectivity index (χ0) is 17.8. The van der Waals surface area contributed by atoms with Gasteiger partial charge in [0, 0.05) is 19.9 Å². The summed E-state index contributed by atoms with van der Waals surface area (Å²) in [6.45, 7) is 0.482. The highest BCUT2D eigenvalue weighted by Crippen LogP contribution is 2.20. The van der Waals surface area contributed by atoms with Gasteiger partial charge in [0.1, 0.15) is 4.90 Å². The smallest absolute Gasteiger partial charge is 0.242 e. The van der Waals surface area contributed by atoms with Crippen LogP contribution in [-0.2, 0) is 37.7 Å². The Morgan fingerprint density at radius 3 is 2.17 bits per heavy atom. The maximum absolute atomic E-state index is 12.5. The highest BCUT2D eigenvalue weighted by Gasteiger charge is 2.23. The van der Waals surface area contributed by atoms with Gasteiger partial charge < -0.3 is 4.74 Å². The lowest BCUT2D eigenvalue weighted by atomic mass is 10.1. The Morgan fingerprint density at radius 1 is 0.917 bits per heavy atom. The molecule has 1 N–H and O–H groups in total. The van der Waals surface area contributed by atoms with Crippen molar-refractivity contribution in [2.45, 2.75) is 22.9 Å². The Labute approximate surface area is 142 Å². The molecule has 0 spiro atoms. The maximum Gasteiger partial charge on any atom is 0.242 e. The molecule has 0 atom stereocenters. The third kappa shape index (κ3) is 4.64. The van der Waals surface area contributed by atoms with Gasteiger partial charge in [-0.2, -0.15) is 0 Å². The first-order valence-electron chi connectivity index (χ1n) is 7.09. The molecular weight excluding hydrogens is 350 g/mol. The zero-order valence-corrected chi connectivity index (χ0v) is 15.0. The number of benzene rings is 2. The number of nitrogens with one attached hydrogen (secondary N) is 1. The summed E-state index contributed by atoms with van der Waals surface area (Å²) in [6, 6.07) is 12.8. The van der Waals surface area contributed by atoms with Crippen LogP contribution in [0.5, 0.6) is 0 Å². The van der Waals surface area contributed by atoms with E-state index in [9.17, 15) is 16.8 Å². The number of hydrogen-bond acceptors (Lipinski definition) is 5. The number of methoxy groups -OCH3 is 1. The van der Waals surface area contributed by atoms with Gasteiger partial charge in [0.25, 0.3) is 0 Å². The van der Waals surface area contributed by atoms with Crippen LogP contribution in [0, 0.1) is 0 Å². The molecule has 2 aromatic carbocycles. The predicted molar refractivity (Wildman–Crippen MR) is 90.7 cm³/mol. The van der Waals surface area contributed by atoms with Gasteiger partial charge in [-0.15, -0.1) is 0 Å². The van der Waals surface area contributed by atoms with Gasteiger partial charge in [-0.3, -0.25) is 0 Å². The average molecular weight is 369 g/mol. The second-order valence-electron chi connectivity index (χ2n) is 5.30. The molecule has 2 aromatic rings. The average Bonchev–Trinajstić information content (AvgIpc) is 2.53. The van der Waals surface area contributed by atoms with E-state index in [1.54, 1.807) is 13.2 Å². The first-order valence-corrected chi connectivity index (χ1v) is 10.5. The van der Waals surface area contributed by atoms with E-state index in [1.807, 2.05) is 18.2 Å². The molecule has 0 amide bonds. The van der Waals surface area contributed by atoms with Crippen molar-refractivity contribution in [3.05, 3.63) is 59.7 Å². The van der Waals surface area contributed by atoms with E-state index in [1.165, 1.54) is 24.3 Å². The molecule has 0 fully saturated rings. The molecule has 130 valence electrons. The second-order valence-corrected chi connectivity index (χ2v) is 9.02. The number of hydrogen-bond donors (Lipinski definition) is 1. The molecule has 0 radical (unpaired) electrons. The molecule has 8 heteroatoms. The van der Waals surface area contributed by atoms with Gasteiger partial charge in [0.15, 0.2) is 9.84 Å². The van der Waals surface area contributed by atoms with Crippen molar-refractivity contribution in [3.8, 4) is 0 Å². The van der Waals surface area contributed by atoms with Crippen LogP contribution < -0.4 is 4.72 Å². The van der Waals surface area contributed by atoms with E-state index in [2.05, 4.69) is 4.72 Å². The van der Waals surface area contributed by atoms with Crippen LogP contribution >= 0.6 is 0 Å². The summed E-state index contributed by atoms with van der Waals surface area (Å²) in [6.07, 6.45) is 0.982. The lowest BCUT2D eigenvalue weighted by Crippen LogP contribution is -2.25. The van der Waals surface area contributed by atoms with Crippen LogP contribution in [0.2, 0.25) is 0 Å². The lowest BCUT2D eigenvalue weighted by Gasteiger charge is -2.11. The molecule has 0 heterocycles. The van der Waals surface area contributed by atoms with E-state index in [0.29, 0.717) is 6.61 Å². The number of sulfone groups is 1. The van der Waals surface area contributed by atoms with E-state index >= 15 is 0 Å². The molecular formula is C16H19NO5S2. The van der Waals surface area contributed by atoms with Crippen LogP contribution in [0.1, 0.15) is 11.1 Å². The standard InChI is InChI=1S/C16H19NO5S2/c1-22-12-14-7-5-6-13(10-14)11-17-24(20,21)16-9-4-3-8-15(16)23(2,18)19/h3-10,17H,11-12H2,1-2H3. The fourth-order valence-corrected chi connectivity index (χ4v) is 4.88. The van der Waals surface area contributed by atoms with Crippen LogP contribution in [0.4, 0.5) is 0 Å². The molecule has 0 unspecified atom stereocenters. The summed E-state index contributed by atoms with van der Waals surface area (Å²) in [7, 11) is -6.03. The van der Waals surface area contributed by atoms with Gasteiger partial charge in [-0.05, 0) is 23.3 Å². The minimum atomic E-state index is -3.96. The highest BCUT2D eigenvalue weighted by atomic mass is 32.2. The van der Waals surface area contributed by atoms with Crippen molar-refractivity contribution in [3.63, 3.8) is 0 Å². The molecule has 24 heavy (non-hydrogen) atoms. The fourth-order valence-electron chi connectivity index (χ4n) is 2.23. The van der Waals surface area contributed by atoms with Crippen LogP contribution in [-0.4, -0.2) is 30.2 Å². The predicted octanol–water partition coefficient (Wildman–Crippen LogP) is 1.72. The van der Waals surface area contributed by atoms with Gasteiger partial charge in [-0.25, -0.2) is 21.6 Å². The molecule has 0 aromatic heterocycles. The lowest BCUT2D eigenvalue weighted by molar-refractivity contribution is 0.185. The third-order valence-electron chi connectivity index (χ3n) is 3.31. The zero-order valence-electron chi connectivity index (χ0n) is 13.4. The fraction of sp³-hybridized carbons (Fsp3) is 0.250. The summed E-state index contributed by atoms with van der Waals surface area (Å²) in [4.78, 5) is -0.467. The van der Waals surface area contributed by atoms with Gasteiger partial charge >= 0.3 is 0 Å². The van der Waals surface area contributed by atoms with Gasteiger partial charge in [-0.1, -0.05) is 36.4 Å². The minimum absolute atomic E-state index is 0.0536. The number of sulfonamides is 1. The Hall–Kier alpha value is -1.74. The molecule has 2 rings (SSSR count). The molecule has 0 aliphatic carbocycles. The number of ether oxygens (including phenoxy) is 1. The Balaban J connectivity index is 2.26. The van der Waals surface area contributed by atoms with Crippen molar-refractivity contribution >= 4 is 19.9 Å². The van der Waals surface area contributed by atoms with Crippen molar-refractivity contribution < 1.29 is 21.6 Å². The van der Waals surface area contributed by atoms with E-state index in [4.69, 9.17) is 4.74 Å². The van der Waals surface area contributed by atoms with Gasteiger partial charge in [0.2, 0.25) is 10.0 Å². The SMILES string of the molecule is COCc1cccc(CNS(=O)(=O)c2ccccc2S(C)(=O)=O)c1. The molecule has 6 nitrogen and oxygen atoms in total. The Kier molecular flexibility index (Phi) is 5.76. The summed E-state index contributed by atoms with van der Waals surface area (Å²) >= 11 is 0. The summed E-state index contributed by atoms with van der Waals surface area (Å²) in [5, 5.41) is 0. The monoisotopic (exact) mass is 369 g/mol. The van der Waals surface area contributed by atoms with E-state index in [-0.39, 0.29) is 16.3 Å². The molecule has 0 bridgehead atoms. The molecule has 0 saturated carbocycles. The highest BCUT2D eigenvalue weighted by molar-refractivity contribution is 7.93. The third-order valence-corrected chi connectivity index (χ3v) is 6.05. The van der Waals surface area contributed by atoms with Crippen LogP contribution in [0.15, 0.2) is 58.3 Å². The van der Waals surface area contributed by atoms with E-state index in [0.717, 1.165) is 17.4 Å². The normalized spacial score (nSPS) is 12.2. The molecule has 0 aliphatic heterocycles. The Morgan fingerprint density at radius 2 is 1.54 bits per heavy atom. The topological polar surface area (TPSA) is 89.5 Å². The van der Waals surface area contributed by atoms with Crippen LogP contribution in [0.3, 0.4) is 0 Å². The van der Waals surface area contributed by atoms with Crippen LogP contribution in [0.25, 0.3) is 0 Å². The van der Waals surface area contributed by atoms with Gasteiger partial charge in [0.05, 0.1) is 11.5 Å². The largest absolute Gasteiger partial charge is 0.380 e. The van der Waals surface area contributed by atoms with E-state index < -0.39 is 19.9 Å². The minimum Gasteiger partial charge on any atom is -0.380 e. The Bertz CT molecular complexity index is 921. The second kappa shape index (κ2) is 7.43. The summed E-state index contributed by atoms with van der Waals surface area (Å²) < 4.78 is 56.0. The first-order chi connectivity index (χ1) is 11.2. The van der Waals surface area contributed by atoms with Crippen molar-refractivity contribution in [2.24, 2.45) is 0 Å². The molecule has 0 saturated heterocycles. The quantitative estimate of drug-likeness (QED) is 0.803.